The Morgan fingerprint density at radius 1 is 0.600 bits per heavy atom. The van der Waals surface area contributed by atoms with Crippen LogP contribution >= 0.6 is 70.6 Å². The van der Waals surface area contributed by atoms with Gasteiger partial charge in [0.05, 0.1) is 83.0 Å². The summed E-state index contributed by atoms with van der Waals surface area (Å²) in [5.74, 6) is 10.9. The number of thioether (sulfide) groups is 6. The number of nitrogens with two attached hydrogens (primary N) is 2. The summed E-state index contributed by atoms with van der Waals surface area (Å²) < 4.78 is 37.4. The molecule has 0 fully saturated rings. The SMILES string of the molecule is NNC(=O)COCCOCCOCCSC1=CS/C(=C2\SC=C(SCCOCCOCCOCC(=O)NN)S2)S1. The Hall–Kier alpha value is -0.0600. The lowest BCUT2D eigenvalue weighted by Gasteiger charge is -2.07. The molecule has 228 valence electrons. The molecule has 2 heterocycles. The van der Waals surface area contributed by atoms with E-state index in [0.29, 0.717) is 66.1 Å². The number of carbonyl (C=O) groups excluding carboxylic acids is 2. The molecule has 2 rings (SSSR count). The number of carbonyl (C=O) groups is 2. The van der Waals surface area contributed by atoms with Crippen molar-refractivity contribution in [2.45, 2.75) is 0 Å². The highest BCUT2D eigenvalue weighted by Gasteiger charge is 2.22. The van der Waals surface area contributed by atoms with Crippen LogP contribution in [-0.2, 0) is 38.0 Å². The summed E-state index contributed by atoms with van der Waals surface area (Å²) in [5, 5.41) is 4.41. The van der Waals surface area contributed by atoms with E-state index in [1.54, 1.807) is 47.0 Å². The highest BCUT2D eigenvalue weighted by atomic mass is 32.2. The van der Waals surface area contributed by atoms with E-state index in [0.717, 1.165) is 11.5 Å². The van der Waals surface area contributed by atoms with Crippen molar-refractivity contribution in [2.24, 2.45) is 11.7 Å². The van der Waals surface area contributed by atoms with Gasteiger partial charge in [-0.2, -0.15) is 0 Å². The first-order valence-corrected chi connectivity index (χ1v) is 17.5. The fourth-order valence-electron chi connectivity index (χ4n) is 2.48. The standard InChI is InChI=1S/C22H36N4O8S6/c23-25-17(27)13-33-7-5-29-1-3-31-9-11-35-19-15-37-21(39-19)22-38-16-20(40-22)36-12-10-32-4-2-30-6-8-34-14-18(28)26-24/h15-16H,1-14,23-24H2,(H,25,27)(H,26,28)/b22-21-. The van der Waals surface area contributed by atoms with E-state index in [2.05, 4.69) is 10.8 Å². The van der Waals surface area contributed by atoms with Crippen LogP contribution in [0.15, 0.2) is 27.8 Å². The lowest BCUT2D eigenvalue weighted by atomic mass is 10.6. The number of hydrogen-bond donors (Lipinski definition) is 4. The molecule has 0 atom stereocenters. The maximum atomic E-state index is 10.9. The van der Waals surface area contributed by atoms with Crippen LogP contribution in [0.25, 0.3) is 0 Å². The minimum atomic E-state index is -0.366. The normalized spacial score (nSPS) is 16.8. The Morgan fingerprint density at radius 3 is 1.32 bits per heavy atom. The summed E-state index contributed by atoms with van der Waals surface area (Å²) in [5.41, 5.74) is 3.99. The number of hydrazine groups is 2. The quantitative estimate of drug-likeness (QED) is 0.0508. The van der Waals surface area contributed by atoms with Crippen molar-refractivity contribution in [3.63, 3.8) is 0 Å². The van der Waals surface area contributed by atoms with Crippen molar-refractivity contribution in [3.05, 3.63) is 27.8 Å². The van der Waals surface area contributed by atoms with Crippen LogP contribution in [0, 0.1) is 0 Å². The summed E-state index contributed by atoms with van der Waals surface area (Å²) in [6.07, 6.45) is 0. The smallest absolute Gasteiger partial charge is 0.259 e. The number of amides is 2. The Labute approximate surface area is 260 Å². The maximum Gasteiger partial charge on any atom is 0.259 e. The van der Waals surface area contributed by atoms with E-state index in [9.17, 15) is 9.59 Å². The molecule has 2 aliphatic heterocycles. The lowest BCUT2D eigenvalue weighted by Crippen LogP contribution is -2.33. The average Bonchev–Trinajstić information content (AvgIpc) is 3.64. The van der Waals surface area contributed by atoms with Crippen molar-refractivity contribution in [2.75, 3.05) is 90.8 Å². The zero-order valence-electron chi connectivity index (χ0n) is 21.9. The molecule has 0 unspecified atom stereocenters. The molecule has 18 heteroatoms. The lowest BCUT2D eigenvalue weighted by molar-refractivity contribution is -0.127. The minimum absolute atomic E-state index is 0.0702. The van der Waals surface area contributed by atoms with Gasteiger partial charge >= 0.3 is 0 Å². The van der Waals surface area contributed by atoms with Gasteiger partial charge in [0.25, 0.3) is 11.8 Å². The largest absolute Gasteiger partial charge is 0.378 e. The summed E-state index contributed by atoms with van der Waals surface area (Å²) in [4.78, 5) is 21.8. The molecule has 0 aromatic heterocycles. The Bertz CT molecular complexity index is 786. The van der Waals surface area contributed by atoms with Crippen LogP contribution in [0.3, 0.4) is 0 Å². The average molecular weight is 677 g/mol. The molecule has 0 saturated carbocycles. The van der Waals surface area contributed by atoms with Gasteiger partial charge in [0.1, 0.15) is 13.2 Å². The zero-order valence-corrected chi connectivity index (χ0v) is 26.8. The zero-order chi connectivity index (χ0) is 28.7. The Morgan fingerprint density at radius 2 is 0.950 bits per heavy atom. The third kappa shape index (κ3) is 17.8. The Kier molecular flexibility index (Phi) is 22.0. The van der Waals surface area contributed by atoms with Crippen LogP contribution in [0.5, 0.6) is 0 Å². The molecule has 0 aromatic rings. The van der Waals surface area contributed by atoms with Crippen LogP contribution in [-0.4, -0.2) is 103 Å². The summed E-state index contributed by atoms with van der Waals surface area (Å²) >= 11 is 10.8. The molecule has 0 radical (unpaired) electrons. The molecule has 0 aromatic carbocycles. The van der Waals surface area contributed by atoms with E-state index in [-0.39, 0.29) is 25.0 Å². The highest BCUT2D eigenvalue weighted by molar-refractivity contribution is 8.40. The molecule has 2 aliphatic rings. The maximum absolute atomic E-state index is 10.9. The van der Waals surface area contributed by atoms with Gasteiger partial charge in [0, 0.05) is 11.5 Å². The van der Waals surface area contributed by atoms with Crippen LogP contribution in [0.2, 0.25) is 0 Å². The van der Waals surface area contributed by atoms with Crippen molar-refractivity contribution < 1.29 is 38.0 Å². The van der Waals surface area contributed by atoms with E-state index < -0.39 is 0 Å². The molecule has 40 heavy (non-hydrogen) atoms. The number of rotatable bonds is 24. The first-order chi connectivity index (χ1) is 19.6. The topological polar surface area (TPSA) is 166 Å². The molecule has 0 saturated heterocycles. The van der Waals surface area contributed by atoms with E-state index in [1.165, 1.54) is 16.9 Å². The minimum Gasteiger partial charge on any atom is -0.378 e. The van der Waals surface area contributed by atoms with Crippen LogP contribution < -0.4 is 22.5 Å². The molecule has 0 bridgehead atoms. The third-order valence-electron chi connectivity index (χ3n) is 4.30. The molecular weight excluding hydrogens is 641 g/mol. The second-order valence-electron chi connectivity index (χ2n) is 7.28. The molecular formula is C22H36N4O8S6. The first-order valence-electron chi connectivity index (χ1n) is 12.2. The summed E-state index contributed by atoms with van der Waals surface area (Å²) in [7, 11) is 0. The third-order valence-corrected chi connectivity index (χ3v) is 12.2. The van der Waals surface area contributed by atoms with Gasteiger partial charge in [-0.1, -0.05) is 47.0 Å². The molecule has 0 spiro atoms. The predicted octanol–water partition coefficient (Wildman–Crippen LogP) is 2.22. The van der Waals surface area contributed by atoms with Crippen LogP contribution in [0.1, 0.15) is 0 Å². The van der Waals surface area contributed by atoms with Crippen molar-refractivity contribution in [1.29, 1.82) is 0 Å². The van der Waals surface area contributed by atoms with Gasteiger partial charge in [0.15, 0.2) is 0 Å². The monoisotopic (exact) mass is 676 g/mol. The molecule has 6 N–H and O–H groups in total. The fraction of sp³-hybridized carbons (Fsp3) is 0.636. The number of hydrogen-bond acceptors (Lipinski definition) is 16. The van der Waals surface area contributed by atoms with Gasteiger partial charge in [-0.3, -0.25) is 20.4 Å². The highest BCUT2D eigenvalue weighted by Crippen LogP contribution is 2.58. The van der Waals surface area contributed by atoms with Gasteiger partial charge < -0.3 is 28.4 Å². The molecule has 2 amide bonds. The second-order valence-corrected chi connectivity index (χ2v) is 14.4. The predicted molar refractivity (Wildman–Crippen MR) is 168 cm³/mol. The van der Waals surface area contributed by atoms with E-state index in [4.69, 9.17) is 40.1 Å². The van der Waals surface area contributed by atoms with Gasteiger partial charge in [0.2, 0.25) is 0 Å². The number of nitrogens with one attached hydrogen (secondary N) is 2. The first kappa shape index (κ1) is 36.1. The fourth-order valence-corrected chi connectivity index (χ4v) is 10.0. The van der Waals surface area contributed by atoms with Crippen molar-refractivity contribution >= 4 is 82.4 Å². The van der Waals surface area contributed by atoms with Gasteiger partial charge in [-0.25, -0.2) is 11.7 Å². The summed E-state index contributed by atoms with van der Waals surface area (Å²) in [6.45, 7) is 4.65. The van der Waals surface area contributed by atoms with E-state index in [1.807, 2.05) is 34.4 Å². The van der Waals surface area contributed by atoms with Crippen molar-refractivity contribution in [1.82, 2.24) is 10.9 Å². The number of ether oxygens (including phenoxy) is 6. The summed E-state index contributed by atoms with van der Waals surface area (Å²) in [6, 6.07) is 0. The van der Waals surface area contributed by atoms with Gasteiger partial charge in [-0.05, 0) is 10.8 Å². The van der Waals surface area contributed by atoms with Gasteiger partial charge in [-0.15, -0.1) is 23.5 Å². The Balaban J connectivity index is 1.39. The van der Waals surface area contributed by atoms with E-state index >= 15 is 0 Å². The molecule has 12 nitrogen and oxygen atoms in total. The molecule has 0 aliphatic carbocycles. The second kappa shape index (κ2) is 24.4. The van der Waals surface area contributed by atoms with Crippen LogP contribution in [0.4, 0.5) is 0 Å². The van der Waals surface area contributed by atoms with Crippen molar-refractivity contribution in [3.8, 4) is 0 Å².